The minimum Gasteiger partial charge on any atom is -0.466 e. The van der Waals surface area contributed by atoms with Crippen LogP contribution in [0.25, 0.3) is 22.4 Å². The summed E-state index contributed by atoms with van der Waals surface area (Å²) in [6.45, 7) is 4.07. The first kappa shape index (κ1) is 24.5. The number of nitrogens with zero attached hydrogens (tertiary/aromatic N) is 3. The Labute approximate surface area is 205 Å². The highest BCUT2D eigenvalue weighted by Crippen LogP contribution is 2.25. The third-order valence-corrected chi connectivity index (χ3v) is 6.71. The summed E-state index contributed by atoms with van der Waals surface area (Å²) in [6.07, 6.45) is 9.02. The molecule has 2 fully saturated rings. The third-order valence-electron chi connectivity index (χ3n) is 6.48. The van der Waals surface area contributed by atoms with Crippen LogP contribution in [0.2, 0.25) is 5.02 Å². The van der Waals surface area contributed by atoms with E-state index < -0.39 is 0 Å². The predicted octanol–water partition coefficient (Wildman–Crippen LogP) is 5.37. The van der Waals surface area contributed by atoms with Crippen molar-refractivity contribution in [1.82, 2.24) is 15.0 Å². The van der Waals surface area contributed by atoms with E-state index >= 15 is 0 Å². The van der Waals surface area contributed by atoms with Crippen molar-refractivity contribution in [3.63, 3.8) is 0 Å². The summed E-state index contributed by atoms with van der Waals surface area (Å²) in [4.78, 5) is 25.8. The molecule has 1 aliphatic carbocycles. The topological polar surface area (TPSA) is 91.3 Å². The molecule has 1 saturated heterocycles. The van der Waals surface area contributed by atoms with Gasteiger partial charge in [0.25, 0.3) is 0 Å². The molecule has 182 valence electrons. The number of pyridine rings is 1. The zero-order valence-electron chi connectivity index (χ0n) is 19.7. The molecule has 0 atom stereocenters. The number of aromatic amines is 1. The first-order chi connectivity index (χ1) is 16.5. The van der Waals surface area contributed by atoms with E-state index in [9.17, 15) is 9.90 Å². The SMILES string of the molecule is CCOC(=O)C1CCCCC1.OC1CCN(c2ccc(-c3nc4ccc(Cl)cc4[nH]3)cn2)CC1. The molecule has 0 bridgehead atoms. The number of nitrogens with one attached hydrogen (secondary N) is 1. The number of imidazole rings is 1. The maximum atomic E-state index is 11.2. The van der Waals surface area contributed by atoms with Gasteiger partial charge in [-0.3, -0.25) is 4.79 Å². The molecule has 2 aromatic heterocycles. The zero-order chi connectivity index (χ0) is 23.9. The number of carbonyl (C=O) groups is 1. The molecule has 8 heteroatoms. The highest BCUT2D eigenvalue weighted by molar-refractivity contribution is 6.31. The monoisotopic (exact) mass is 484 g/mol. The smallest absolute Gasteiger partial charge is 0.308 e. The molecule has 3 heterocycles. The number of piperidine rings is 1. The predicted molar refractivity (Wildman–Crippen MR) is 135 cm³/mol. The Balaban J connectivity index is 0.000000210. The lowest BCUT2D eigenvalue weighted by Crippen LogP contribution is -2.36. The second-order valence-corrected chi connectivity index (χ2v) is 9.39. The number of hydrogen-bond donors (Lipinski definition) is 2. The van der Waals surface area contributed by atoms with E-state index in [0.29, 0.717) is 11.6 Å². The van der Waals surface area contributed by atoms with Gasteiger partial charge in [-0.25, -0.2) is 9.97 Å². The Morgan fingerprint density at radius 3 is 2.59 bits per heavy atom. The first-order valence-electron chi connectivity index (χ1n) is 12.2. The lowest BCUT2D eigenvalue weighted by Gasteiger charge is -2.30. The van der Waals surface area contributed by atoms with Gasteiger partial charge in [0.05, 0.1) is 29.7 Å². The molecule has 1 aliphatic heterocycles. The minimum atomic E-state index is -0.173. The molecule has 0 radical (unpaired) electrons. The quantitative estimate of drug-likeness (QED) is 0.484. The summed E-state index contributed by atoms with van der Waals surface area (Å²) in [5.41, 5.74) is 2.75. The maximum Gasteiger partial charge on any atom is 0.308 e. The van der Waals surface area contributed by atoms with Crippen LogP contribution in [0.4, 0.5) is 5.82 Å². The number of anilines is 1. The Kier molecular flexibility index (Phi) is 8.40. The lowest BCUT2D eigenvalue weighted by molar-refractivity contribution is -0.149. The van der Waals surface area contributed by atoms with Gasteiger partial charge in [0.15, 0.2) is 0 Å². The number of benzene rings is 1. The summed E-state index contributed by atoms with van der Waals surface area (Å²) in [6, 6.07) is 9.63. The van der Waals surface area contributed by atoms with Crippen molar-refractivity contribution in [2.75, 3.05) is 24.6 Å². The van der Waals surface area contributed by atoms with E-state index in [4.69, 9.17) is 16.3 Å². The van der Waals surface area contributed by atoms with E-state index in [1.54, 1.807) is 0 Å². The molecule has 1 saturated carbocycles. The van der Waals surface area contributed by atoms with Crippen molar-refractivity contribution in [3.05, 3.63) is 41.6 Å². The number of esters is 1. The number of aliphatic hydroxyl groups is 1. The number of rotatable bonds is 4. The van der Waals surface area contributed by atoms with Gasteiger partial charge in [0.1, 0.15) is 11.6 Å². The number of aliphatic hydroxyl groups excluding tert-OH is 1. The average Bonchev–Trinajstić information content (AvgIpc) is 3.29. The van der Waals surface area contributed by atoms with Crippen LogP contribution in [0, 0.1) is 5.92 Å². The van der Waals surface area contributed by atoms with E-state index in [2.05, 4.69) is 19.9 Å². The average molecular weight is 485 g/mol. The van der Waals surface area contributed by atoms with E-state index in [1.807, 2.05) is 43.5 Å². The molecule has 5 rings (SSSR count). The Morgan fingerprint density at radius 2 is 1.91 bits per heavy atom. The molecule has 2 aliphatic rings. The second-order valence-electron chi connectivity index (χ2n) is 8.96. The largest absolute Gasteiger partial charge is 0.466 e. The van der Waals surface area contributed by atoms with Gasteiger partial charge in [-0.15, -0.1) is 0 Å². The van der Waals surface area contributed by atoms with Crippen molar-refractivity contribution >= 4 is 34.4 Å². The first-order valence-corrected chi connectivity index (χ1v) is 12.6. The molecular formula is C26H33ClN4O3. The van der Waals surface area contributed by atoms with Crippen LogP contribution in [0.15, 0.2) is 36.5 Å². The van der Waals surface area contributed by atoms with Gasteiger partial charge in [0.2, 0.25) is 0 Å². The van der Waals surface area contributed by atoms with Gasteiger partial charge in [-0.05, 0) is 62.9 Å². The highest BCUT2D eigenvalue weighted by Gasteiger charge is 2.21. The molecule has 3 aromatic rings. The molecule has 0 spiro atoms. The minimum absolute atomic E-state index is 0.0206. The summed E-state index contributed by atoms with van der Waals surface area (Å²) < 4.78 is 4.94. The second kappa shape index (κ2) is 11.7. The van der Waals surface area contributed by atoms with Crippen LogP contribution in [0.5, 0.6) is 0 Å². The van der Waals surface area contributed by atoms with Crippen LogP contribution in [0.1, 0.15) is 51.9 Å². The molecule has 7 nitrogen and oxygen atoms in total. The highest BCUT2D eigenvalue weighted by atomic mass is 35.5. The van der Waals surface area contributed by atoms with Crippen molar-refractivity contribution in [2.24, 2.45) is 5.92 Å². The van der Waals surface area contributed by atoms with Crippen molar-refractivity contribution < 1.29 is 14.6 Å². The summed E-state index contributed by atoms with van der Waals surface area (Å²) in [5, 5.41) is 10.3. The van der Waals surface area contributed by atoms with Crippen molar-refractivity contribution in [3.8, 4) is 11.4 Å². The van der Waals surface area contributed by atoms with Crippen molar-refractivity contribution in [1.29, 1.82) is 0 Å². The summed E-state index contributed by atoms with van der Waals surface area (Å²) in [5.74, 6) is 1.96. The fourth-order valence-electron chi connectivity index (χ4n) is 4.53. The number of halogens is 1. The molecule has 0 amide bonds. The molecular weight excluding hydrogens is 452 g/mol. The lowest BCUT2D eigenvalue weighted by atomic mass is 9.89. The standard InChI is InChI=1S/C17H17ClN4O.C9H16O2/c18-12-2-3-14-15(9-12)21-17(20-14)11-1-4-16(19-10-11)22-7-5-13(23)6-8-22;1-2-11-9(10)8-6-4-3-5-7-8/h1-4,9-10,13,23H,5-8H2,(H,20,21);8H,2-7H2,1H3. The maximum absolute atomic E-state index is 11.2. The van der Waals surface area contributed by atoms with Gasteiger partial charge in [-0.2, -0.15) is 0 Å². The van der Waals surface area contributed by atoms with Gasteiger partial charge in [0, 0.05) is 29.9 Å². The van der Waals surface area contributed by atoms with E-state index in [0.717, 1.165) is 67.0 Å². The van der Waals surface area contributed by atoms with Crippen LogP contribution < -0.4 is 4.90 Å². The van der Waals surface area contributed by atoms with Gasteiger partial charge >= 0.3 is 5.97 Å². The number of H-pyrrole nitrogens is 1. The number of carbonyl (C=O) groups excluding carboxylic acids is 1. The normalized spacial score (nSPS) is 17.3. The van der Waals surface area contributed by atoms with Crippen LogP contribution in [-0.4, -0.2) is 51.8 Å². The van der Waals surface area contributed by atoms with Crippen molar-refractivity contribution in [2.45, 2.75) is 58.0 Å². The fraction of sp³-hybridized carbons (Fsp3) is 0.500. The fourth-order valence-corrected chi connectivity index (χ4v) is 4.70. The van der Waals surface area contributed by atoms with Crippen LogP contribution in [0.3, 0.4) is 0 Å². The number of fused-ring (bicyclic) bond motifs is 1. The number of hydrogen-bond acceptors (Lipinski definition) is 6. The van der Waals surface area contributed by atoms with Crippen LogP contribution >= 0.6 is 11.6 Å². The summed E-state index contributed by atoms with van der Waals surface area (Å²) >= 11 is 6.01. The van der Waals surface area contributed by atoms with E-state index in [1.165, 1.54) is 19.3 Å². The Morgan fingerprint density at radius 1 is 1.15 bits per heavy atom. The Bertz CT molecular complexity index is 1070. The molecule has 2 N–H and O–H groups in total. The van der Waals surface area contributed by atoms with Gasteiger partial charge < -0.3 is 19.7 Å². The molecule has 34 heavy (non-hydrogen) atoms. The molecule has 0 unspecified atom stereocenters. The summed E-state index contributed by atoms with van der Waals surface area (Å²) in [7, 11) is 0. The zero-order valence-corrected chi connectivity index (χ0v) is 20.4. The number of aromatic nitrogens is 3. The van der Waals surface area contributed by atoms with E-state index in [-0.39, 0.29) is 18.0 Å². The number of ether oxygens (including phenoxy) is 1. The van der Waals surface area contributed by atoms with Crippen LogP contribution in [-0.2, 0) is 9.53 Å². The van der Waals surface area contributed by atoms with Gasteiger partial charge in [-0.1, -0.05) is 30.9 Å². The third kappa shape index (κ3) is 6.27. The Hall–Kier alpha value is -2.64. The molecule has 1 aromatic carbocycles.